The molecule has 3 nitrogen and oxygen atoms in total. The minimum atomic E-state index is 0.0807. The fourth-order valence-corrected chi connectivity index (χ4v) is 2.10. The molecule has 80 valence electrons. The molecule has 0 fully saturated rings. The zero-order valence-corrected chi connectivity index (χ0v) is 9.01. The molecule has 2 heterocycles. The van der Waals surface area contributed by atoms with Gasteiger partial charge in [-0.15, -0.1) is 0 Å². The molecule has 2 aromatic heterocycles. The summed E-state index contributed by atoms with van der Waals surface area (Å²) in [5.41, 5.74) is 4.21. The Balaban J connectivity index is 2.49. The molecule has 0 saturated heterocycles. The van der Waals surface area contributed by atoms with Gasteiger partial charge in [-0.25, -0.2) is 4.98 Å². The molecule has 3 heteroatoms. The van der Waals surface area contributed by atoms with Crippen LogP contribution >= 0.6 is 0 Å². The van der Waals surface area contributed by atoms with Crippen LogP contribution in [-0.4, -0.2) is 14.5 Å². The maximum Gasteiger partial charge on any atom is 0.137 e. The van der Waals surface area contributed by atoms with Crippen LogP contribution in [-0.2, 0) is 6.61 Å². The van der Waals surface area contributed by atoms with Gasteiger partial charge in [0.2, 0.25) is 0 Å². The standard InChI is InChI=1S/C13H12N2O/c1-9-6-13-14-4-5-15(13)12-3-2-10(8-16)7-11(9)12/h2-7,16H,8H2,1H3. The van der Waals surface area contributed by atoms with Crippen molar-refractivity contribution in [1.29, 1.82) is 0 Å². The summed E-state index contributed by atoms with van der Waals surface area (Å²) in [6.07, 6.45) is 3.75. The Morgan fingerprint density at radius 1 is 1.31 bits per heavy atom. The summed E-state index contributed by atoms with van der Waals surface area (Å²) in [4.78, 5) is 4.29. The minimum absolute atomic E-state index is 0.0807. The predicted octanol–water partition coefficient (Wildman–Crippen LogP) is 2.29. The van der Waals surface area contributed by atoms with Crippen molar-refractivity contribution in [1.82, 2.24) is 9.38 Å². The Kier molecular flexibility index (Phi) is 1.94. The summed E-state index contributed by atoms with van der Waals surface area (Å²) in [7, 11) is 0. The lowest BCUT2D eigenvalue weighted by molar-refractivity contribution is 0.282. The molecule has 0 atom stereocenters. The largest absolute Gasteiger partial charge is 0.392 e. The number of pyridine rings is 1. The summed E-state index contributed by atoms with van der Waals surface area (Å²) in [5, 5.41) is 10.3. The molecular weight excluding hydrogens is 200 g/mol. The van der Waals surface area contributed by atoms with Crippen molar-refractivity contribution in [3.05, 3.63) is 47.8 Å². The SMILES string of the molecule is Cc1cc2nccn2c2ccc(CO)cc12. The Hall–Kier alpha value is -1.87. The van der Waals surface area contributed by atoms with Gasteiger partial charge in [-0.1, -0.05) is 6.07 Å². The second kappa shape index (κ2) is 3.32. The summed E-state index contributed by atoms with van der Waals surface area (Å²) in [6.45, 7) is 2.15. The van der Waals surface area contributed by atoms with E-state index in [0.717, 1.165) is 22.1 Å². The van der Waals surface area contributed by atoms with E-state index in [1.165, 1.54) is 5.56 Å². The summed E-state index contributed by atoms with van der Waals surface area (Å²) in [6, 6.07) is 8.07. The fraction of sp³-hybridized carbons (Fsp3) is 0.154. The normalized spacial score (nSPS) is 11.4. The number of aliphatic hydroxyl groups is 1. The van der Waals surface area contributed by atoms with Gasteiger partial charge < -0.3 is 5.11 Å². The molecule has 0 radical (unpaired) electrons. The van der Waals surface area contributed by atoms with E-state index in [1.807, 2.05) is 24.4 Å². The predicted molar refractivity (Wildman–Crippen MR) is 63.4 cm³/mol. The monoisotopic (exact) mass is 212 g/mol. The number of aryl methyl sites for hydroxylation is 1. The highest BCUT2D eigenvalue weighted by Gasteiger charge is 2.04. The second-order valence-corrected chi connectivity index (χ2v) is 3.99. The van der Waals surface area contributed by atoms with Gasteiger partial charge >= 0.3 is 0 Å². The maximum atomic E-state index is 9.14. The number of nitrogens with zero attached hydrogens (tertiary/aromatic N) is 2. The van der Waals surface area contributed by atoms with Crippen molar-refractivity contribution >= 4 is 16.6 Å². The lowest BCUT2D eigenvalue weighted by atomic mass is 10.1. The minimum Gasteiger partial charge on any atom is -0.392 e. The van der Waals surface area contributed by atoms with Crippen molar-refractivity contribution in [2.45, 2.75) is 13.5 Å². The number of hydrogen-bond donors (Lipinski definition) is 1. The first-order chi connectivity index (χ1) is 7.79. The number of rotatable bonds is 1. The molecular formula is C13H12N2O. The molecule has 3 aromatic rings. The molecule has 16 heavy (non-hydrogen) atoms. The highest BCUT2D eigenvalue weighted by Crippen LogP contribution is 2.22. The van der Waals surface area contributed by atoms with Gasteiger partial charge in [-0.2, -0.15) is 0 Å². The topological polar surface area (TPSA) is 37.5 Å². The lowest BCUT2D eigenvalue weighted by Gasteiger charge is -2.07. The molecule has 0 saturated carbocycles. The summed E-state index contributed by atoms with van der Waals surface area (Å²) in [5.74, 6) is 0. The molecule has 0 aliphatic rings. The highest BCUT2D eigenvalue weighted by molar-refractivity contribution is 5.86. The van der Waals surface area contributed by atoms with Gasteiger partial charge in [-0.3, -0.25) is 4.40 Å². The van der Waals surface area contributed by atoms with Crippen LogP contribution in [0, 0.1) is 6.92 Å². The molecule has 0 amide bonds. The number of benzene rings is 1. The van der Waals surface area contributed by atoms with Crippen molar-refractivity contribution in [2.75, 3.05) is 0 Å². The fourth-order valence-electron chi connectivity index (χ4n) is 2.10. The van der Waals surface area contributed by atoms with E-state index < -0.39 is 0 Å². The van der Waals surface area contributed by atoms with Gasteiger partial charge in [-0.05, 0) is 36.2 Å². The molecule has 0 spiro atoms. The quantitative estimate of drug-likeness (QED) is 0.672. The zero-order chi connectivity index (χ0) is 11.1. The number of aromatic nitrogens is 2. The first-order valence-corrected chi connectivity index (χ1v) is 5.26. The molecule has 0 unspecified atom stereocenters. The molecule has 0 aliphatic carbocycles. The third-order valence-corrected chi connectivity index (χ3v) is 2.94. The maximum absolute atomic E-state index is 9.14. The van der Waals surface area contributed by atoms with Gasteiger partial charge in [0.25, 0.3) is 0 Å². The average molecular weight is 212 g/mol. The van der Waals surface area contributed by atoms with Crippen LogP contribution in [0.2, 0.25) is 0 Å². The number of aliphatic hydroxyl groups excluding tert-OH is 1. The van der Waals surface area contributed by atoms with Crippen LogP contribution in [0.5, 0.6) is 0 Å². The van der Waals surface area contributed by atoms with E-state index in [4.69, 9.17) is 5.11 Å². The Labute approximate surface area is 93.0 Å². The van der Waals surface area contributed by atoms with Gasteiger partial charge in [0.1, 0.15) is 5.65 Å². The van der Waals surface area contributed by atoms with Crippen LogP contribution < -0.4 is 0 Å². The Morgan fingerprint density at radius 3 is 3.00 bits per heavy atom. The third-order valence-electron chi connectivity index (χ3n) is 2.94. The first kappa shape index (κ1) is 9.36. The van der Waals surface area contributed by atoms with Crippen LogP contribution in [0.25, 0.3) is 16.6 Å². The van der Waals surface area contributed by atoms with Gasteiger partial charge in [0.15, 0.2) is 0 Å². The van der Waals surface area contributed by atoms with E-state index in [2.05, 4.69) is 22.4 Å². The molecule has 3 rings (SSSR count). The third kappa shape index (κ3) is 1.22. The Bertz CT molecular complexity index is 670. The van der Waals surface area contributed by atoms with Crippen LogP contribution in [0.4, 0.5) is 0 Å². The molecule has 0 bridgehead atoms. The molecule has 1 aromatic carbocycles. The summed E-state index contributed by atoms with van der Waals surface area (Å²) >= 11 is 0. The van der Waals surface area contributed by atoms with Crippen molar-refractivity contribution in [3.8, 4) is 0 Å². The van der Waals surface area contributed by atoms with Crippen molar-refractivity contribution in [3.63, 3.8) is 0 Å². The molecule has 0 aliphatic heterocycles. The van der Waals surface area contributed by atoms with Crippen molar-refractivity contribution < 1.29 is 5.11 Å². The Morgan fingerprint density at radius 2 is 2.19 bits per heavy atom. The van der Waals surface area contributed by atoms with Crippen LogP contribution in [0.15, 0.2) is 36.7 Å². The van der Waals surface area contributed by atoms with Crippen molar-refractivity contribution in [2.24, 2.45) is 0 Å². The van der Waals surface area contributed by atoms with Gasteiger partial charge in [0.05, 0.1) is 12.1 Å². The van der Waals surface area contributed by atoms with E-state index in [0.29, 0.717) is 0 Å². The van der Waals surface area contributed by atoms with E-state index >= 15 is 0 Å². The number of hydrogen-bond acceptors (Lipinski definition) is 2. The summed E-state index contributed by atoms with van der Waals surface area (Å²) < 4.78 is 2.06. The van der Waals surface area contributed by atoms with Crippen LogP contribution in [0.3, 0.4) is 0 Å². The zero-order valence-electron chi connectivity index (χ0n) is 9.01. The highest BCUT2D eigenvalue weighted by atomic mass is 16.3. The first-order valence-electron chi connectivity index (χ1n) is 5.26. The molecule has 1 N–H and O–H groups in total. The van der Waals surface area contributed by atoms with E-state index in [9.17, 15) is 0 Å². The smallest absolute Gasteiger partial charge is 0.137 e. The number of fused-ring (bicyclic) bond motifs is 3. The average Bonchev–Trinajstić information content (AvgIpc) is 2.77. The second-order valence-electron chi connectivity index (χ2n) is 3.99. The van der Waals surface area contributed by atoms with Gasteiger partial charge in [0, 0.05) is 17.8 Å². The van der Waals surface area contributed by atoms with Crippen LogP contribution in [0.1, 0.15) is 11.1 Å². The number of imidazole rings is 1. The van der Waals surface area contributed by atoms with E-state index in [-0.39, 0.29) is 6.61 Å². The lowest BCUT2D eigenvalue weighted by Crippen LogP contribution is -1.92. The van der Waals surface area contributed by atoms with E-state index in [1.54, 1.807) is 6.20 Å².